The number of benzene rings is 1. The van der Waals surface area contributed by atoms with Crippen LogP contribution in [0.1, 0.15) is 46.8 Å². The molecule has 0 aromatic heterocycles. The fraction of sp³-hybridized carbons (Fsp3) is 0.500. The van der Waals surface area contributed by atoms with Gasteiger partial charge in [-0.15, -0.1) is 0 Å². The number of aromatic hydroxyl groups is 1. The summed E-state index contributed by atoms with van der Waals surface area (Å²) in [4.78, 5) is 42.9. The molecule has 0 saturated heterocycles. The molecule has 0 fully saturated rings. The molecule has 1 amide bonds. The number of ketones is 2. The Morgan fingerprint density at radius 3 is 2.41 bits per heavy atom. The molecule has 3 aliphatic carbocycles. The van der Waals surface area contributed by atoms with Gasteiger partial charge in [0, 0.05) is 35.2 Å². The van der Waals surface area contributed by atoms with Gasteiger partial charge in [0.05, 0.1) is 11.6 Å². The number of aliphatic hydroxyl groups is 3. The Hall–Kier alpha value is -2.92. The smallest absolute Gasteiger partial charge is 0.255 e. The van der Waals surface area contributed by atoms with Gasteiger partial charge in [-0.05, 0) is 56.9 Å². The lowest BCUT2D eigenvalue weighted by atomic mass is 9.58. The number of hydrogen-bond donors (Lipinski definition) is 5. The molecule has 5 rings (SSSR count). The van der Waals surface area contributed by atoms with Crippen molar-refractivity contribution in [3.05, 3.63) is 49.9 Å². The molecule has 4 atom stereocenters. The third-order valence-corrected chi connectivity index (χ3v) is 8.79. The third kappa shape index (κ3) is 3.32. The molecule has 11 heteroatoms. The monoisotopic (exact) mass is 531 g/mol. The van der Waals surface area contributed by atoms with Crippen molar-refractivity contribution in [2.75, 3.05) is 20.6 Å². The van der Waals surface area contributed by atoms with Gasteiger partial charge >= 0.3 is 0 Å². The number of nitrogens with zero attached hydrogens (tertiary/aromatic N) is 2. The van der Waals surface area contributed by atoms with Crippen molar-refractivity contribution in [3.8, 4) is 5.75 Å². The van der Waals surface area contributed by atoms with E-state index in [0.717, 1.165) is 18.5 Å². The molecule has 198 valence electrons. The number of fused-ring (bicyclic) bond motifs is 4. The first-order valence-electron chi connectivity index (χ1n) is 12.3. The summed E-state index contributed by atoms with van der Waals surface area (Å²) in [5.74, 6) is -6.62. The number of rotatable bonds is 4. The summed E-state index contributed by atoms with van der Waals surface area (Å²) in [6.07, 6.45) is 1.12. The summed E-state index contributed by atoms with van der Waals surface area (Å²) in [6, 6.07) is -1.03. The van der Waals surface area contributed by atoms with Crippen molar-refractivity contribution < 1.29 is 34.8 Å². The number of carbonyl (C=O) groups excluding carboxylic acids is 3. The molecule has 6 N–H and O–H groups in total. The summed E-state index contributed by atoms with van der Waals surface area (Å²) in [5, 5.41) is 45.4. The van der Waals surface area contributed by atoms with E-state index >= 15 is 0 Å². The Balaban J connectivity index is 1.69. The topological polar surface area (TPSA) is 165 Å². The molecule has 1 heterocycles. The molecule has 4 aliphatic rings. The quantitative estimate of drug-likeness (QED) is 0.362. The van der Waals surface area contributed by atoms with Crippen LogP contribution in [-0.2, 0) is 29.1 Å². The van der Waals surface area contributed by atoms with E-state index in [0.29, 0.717) is 29.2 Å². The first-order chi connectivity index (χ1) is 17.4. The Morgan fingerprint density at radius 2 is 1.81 bits per heavy atom. The number of carbonyl (C=O) groups is 3. The Bertz CT molecular complexity index is 1330. The fourth-order valence-corrected chi connectivity index (χ4v) is 7.11. The lowest BCUT2D eigenvalue weighted by molar-refractivity contribution is -0.148. The van der Waals surface area contributed by atoms with Gasteiger partial charge in [-0.2, -0.15) is 0 Å². The van der Waals surface area contributed by atoms with Crippen molar-refractivity contribution in [2.24, 2.45) is 17.6 Å². The Kier molecular flexibility index (Phi) is 5.95. The molecule has 37 heavy (non-hydrogen) atoms. The molecule has 0 spiro atoms. The van der Waals surface area contributed by atoms with E-state index in [1.165, 1.54) is 4.90 Å². The second kappa shape index (κ2) is 8.56. The van der Waals surface area contributed by atoms with Crippen molar-refractivity contribution >= 4 is 29.1 Å². The van der Waals surface area contributed by atoms with E-state index in [1.54, 1.807) is 14.1 Å². The molecule has 1 aliphatic heterocycles. The van der Waals surface area contributed by atoms with Crippen LogP contribution in [0.25, 0.3) is 0 Å². The maximum Gasteiger partial charge on any atom is 0.255 e. The Morgan fingerprint density at radius 1 is 1.16 bits per heavy atom. The van der Waals surface area contributed by atoms with E-state index in [1.807, 2.05) is 6.92 Å². The van der Waals surface area contributed by atoms with Crippen molar-refractivity contribution in [2.45, 2.75) is 50.9 Å². The first-order valence-corrected chi connectivity index (χ1v) is 12.7. The predicted octanol–water partition coefficient (Wildman–Crippen LogP) is 1.50. The average Bonchev–Trinajstić information content (AvgIpc) is 3.24. The molecule has 10 nitrogen and oxygen atoms in total. The number of allylic oxidation sites excluding steroid dienone is 1. The minimum absolute atomic E-state index is 0.0297. The zero-order valence-electron chi connectivity index (χ0n) is 20.8. The molecule has 1 aromatic rings. The second-order valence-corrected chi connectivity index (χ2v) is 11.0. The minimum Gasteiger partial charge on any atom is -0.510 e. The normalized spacial score (nSPS) is 29.4. The largest absolute Gasteiger partial charge is 0.510 e. The lowest BCUT2D eigenvalue weighted by Crippen LogP contribution is -2.63. The standard InChI is InChI=1S/C26H30ClN3O7/c1-4-5-30-8-12-13(9-30)20(31)16-11(18(12)27)6-10-7-14-19(29(2)3)22(33)17(25(28)36)24(35)26(14,37)23(34)15(10)21(16)32/h10,14,19,31,33-34,37H,4-9H2,1-3H3,(H2,28,36)/t10-,14-,19-,26-/m0/s1. The van der Waals surface area contributed by atoms with Crippen molar-refractivity contribution in [1.82, 2.24) is 9.80 Å². The lowest BCUT2D eigenvalue weighted by Gasteiger charge is -2.50. The van der Waals surface area contributed by atoms with Gasteiger partial charge in [0.15, 0.2) is 11.4 Å². The van der Waals surface area contributed by atoms with E-state index in [4.69, 9.17) is 17.3 Å². The number of phenolic OH excluding ortho intramolecular Hbond substituents is 1. The summed E-state index contributed by atoms with van der Waals surface area (Å²) in [7, 11) is 3.18. The third-order valence-electron chi connectivity index (χ3n) is 8.34. The molecule has 0 bridgehead atoms. The molecule has 0 radical (unpaired) electrons. The van der Waals surface area contributed by atoms with Crippen LogP contribution < -0.4 is 5.73 Å². The van der Waals surface area contributed by atoms with Gasteiger partial charge < -0.3 is 26.2 Å². The number of phenols is 1. The first kappa shape index (κ1) is 25.7. The second-order valence-electron chi connectivity index (χ2n) is 10.6. The average molecular weight is 532 g/mol. The van der Waals surface area contributed by atoms with Gasteiger partial charge in [0.2, 0.25) is 5.78 Å². The highest BCUT2D eigenvalue weighted by Crippen LogP contribution is 2.54. The summed E-state index contributed by atoms with van der Waals surface area (Å²) in [5.41, 5.74) is 3.45. The number of aliphatic hydroxyl groups excluding tert-OH is 2. The van der Waals surface area contributed by atoms with Crippen LogP contribution in [0.2, 0.25) is 5.02 Å². The van der Waals surface area contributed by atoms with Gasteiger partial charge in [-0.1, -0.05) is 18.5 Å². The van der Waals surface area contributed by atoms with Crippen LogP contribution >= 0.6 is 11.6 Å². The fourth-order valence-electron chi connectivity index (χ4n) is 6.76. The highest BCUT2D eigenvalue weighted by atomic mass is 35.5. The highest BCUT2D eigenvalue weighted by molar-refractivity contribution is 6.33. The molecular formula is C26H30ClN3O7. The molecule has 0 unspecified atom stereocenters. The number of Topliss-reactive ketones (excluding diaryl/α,β-unsaturated/α-hetero) is 2. The summed E-state index contributed by atoms with van der Waals surface area (Å²) < 4.78 is 0. The number of primary amides is 1. The zero-order valence-corrected chi connectivity index (χ0v) is 21.6. The number of halogens is 1. The molecule has 1 aromatic carbocycles. The highest BCUT2D eigenvalue weighted by Gasteiger charge is 2.63. The minimum atomic E-state index is -2.65. The summed E-state index contributed by atoms with van der Waals surface area (Å²) >= 11 is 6.81. The number of likely N-dealkylation sites (N-methyl/N-ethyl adjacent to an activating group) is 1. The van der Waals surface area contributed by atoms with Crippen LogP contribution in [0.4, 0.5) is 0 Å². The van der Waals surface area contributed by atoms with Gasteiger partial charge in [-0.3, -0.25) is 24.2 Å². The summed E-state index contributed by atoms with van der Waals surface area (Å²) in [6.45, 7) is 3.80. The van der Waals surface area contributed by atoms with E-state index in [-0.39, 0.29) is 29.7 Å². The van der Waals surface area contributed by atoms with Crippen LogP contribution in [0.3, 0.4) is 0 Å². The number of hydrogen-bond acceptors (Lipinski definition) is 9. The van der Waals surface area contributed by atoms with Crippen molar-refractivity contribution in [1.29, 1.82) is 0 Å². The van der Waals surface area contributed by atoms with Crippen LogP contribution in [0, 0.1) is 11.8 Å². The van der Waals surface area contributed by atoms with Gasteiger partial charge in [0.1, 0.15) is 22.8 Å². The maximum absolute atomic E-state index is 13.8. The molecular weight excluding hydrogens is 502 g/mol. The number of amides is 1. The zero-order chi connectivity index (χ0) is 27.1. The predicted molar refractivity (Wildman–Crippen MR) is 133 cm³/mol. The van der Waals surface area contributed by atoms with Crippen LogP contribution in [-0.4, -0.2) is 80.0 Å². The van der Waals surface area contributed by atoms with Crippen molar-refractivity contribution in [3.63, 3.8) is 0 Å². The molecule has 0 saturated carbocycles. The SMILES string of the molecule is CCCN1Cc2c(O)c3c(c(Cl)c2C1)C[C@H]1C[C@H]2[C@H](N(C)C)C(O)=C(C(N)=O)C(=O)[C@@]2(O)C(O)=C1C3=O. The van der Waals surface area contributed by atoms with Gasteiger partial charge in [-0.25, -0.2) is 0 Å². The Labute approximate surface area is 218 Å². The number of nitrogens with two attached hydrogens (primary N) is 1. The van der Waals surface area contributed by atoms with Crippen LogP contribution in [0.5, 0.6) is 5.75 Å². The van der Waals surface area contributed by atoms with Gasteiger partial charge in [0.25, 0.3) is 5.91 Å². The van der Waals surface area contributed by atoms with E-state index < -0.39 is 58.0 Å². The maximum atomic E-state index is 13.8. The van der Waals surface area contributed by atoms with E-state index in [2.05, 4.69) is 4.90 Å². The van der Waals surface area contributed by atoms with Crippen LogP contribution in [0.15, 0.2) is 22.7 Å². The van der Waals surface area contributed by atoms with E-state index in [9.17, 15) is 34.8 Å².